The van der Waals surface area contributed by atoms with Gasteiger partial charge in [0.2, 0.25) is 0 Å². The maximum absolute atomic E-state index is 13.4. The van der Waals surface area contributed by atoms with E-state index in [0.717, 1.165) is 12.5 Å². The van der Waals surface area contributed by atoms with Gasteiger partial charge in [0.05, 0.1) is 23.8 Å². The van der Waals surface area contributed by atoms with Gasteiger partial charge >= 0.3 is 12.2 Å². The second-order valence-electron chi connectivity index (χ2n) is 8.36. The van der Waals surface area contributed by atoms with Crippen LogP contribution in [0, 0.1) is 22.7 Å². The lowest BCUT2D eigenvalue weighted by Gasteiger charge is -2.44. The molecule has 2 saturated heterocycles. The number of amides is 2. The molecule has 9 heteroatoms. The maximum Gasteiger partial charge on any atom is 0.417 e. The van der Waals surface area contributed by atoms with E-state index in [1.165, 1.54) is 6.07 Å². The van der Waals surface area contributed by atoms with Crippen molar-refractivity contribution < 1.29 is 22.7 Å². The monoisotopic (exact) mass is 438 g/mol. The average Bonchev–Trinajstić information content (AvgIpc) is 3.12. The molecule has 6 nitrogen and oxygen atoms in total. The second kappa shape index (κ2) is 8.95. The summed E-state index contributed by atoms with van der Waals surface area (Å²) in [5, 5.41) is 9.05. The zero-order chi connectivity index (χ0) is 22.8. The third-order valence-corrected chi connectivity index (χ3v) is 6.66. The lowest BCUT2D eigenvalue weighted by atomic mass is 9.73. The first-order chi connectivity index (χ1) is 14.7. The summed E-state index contributed by atoms with van der Waals surface area (Å²) < 4.78 is 45.7. The van der Waals surface area contributed by atoms with E-state index in [9.17, 15) is 18.0 Å². The molecule has 0 saturated carbocycles. The number of methoxy groups -OCH3 is 1. The topological polar surface area (TPSA) is 59.8 Å². The number of nitriles is 1. The number of alkyl halides is 3. The van der Waals surface area contributed by atoms with Gasteiger partial charge in [-0.3, -0.25) is 0 Å². The van der Waals surface area contributed by atoms with Gasteiger partial charge in [-0.15, -0.1) is 0 Å². The number of fused-ring (bicyclic) bond motifs is 1. The third kappa shape index (κ3) is 4.45. The standard InChI is InChI=1S/C22H29F3N4O2/c1-4-27(5-2)20(30)29-13-17-12-28(9-8-21(17,14-29)15-31-3)18-7-6-16(11-26)19(10-18)22(23,24)25/h6-7,10,17H,4-5,8-9,12-15H2,1-3H3/t17-,21+/m1/s1. The first kappa shape index (κ1) is 23.2. The Hall–Kier alpha value is -2.47. The first-order valence-corrected chi connectivity index (χ1v) is 10.6. The summed E-state index contributed by atoms with van der Waals surface area (Å²) in [6.07, 6.45) is -3.87. The number of hydrogen-bond donors (Lipinski definition) is 0. The fourth-order valence-electron chi connectivity index (χ4n) is 4.94. The highest BCUT2D eigenvalue weighted by atomic mass is 19.4. The van der Waals surface area contributed by atoms with Crippen LogP contribution in [0.5, 0.6) is 0 Å². The highest BCUT2D eigenvalue weighted by molar-refractivity contribution is 5.75. The van der Waals surface area contributed by atoms with E-state index in [0.29, 0.717) is 51.6 Å². The van der Waals surface area contributed by atoms with Gasteiger partial charge < -0.3 is 19.4 Å². The largest absolute Gasteiger partial charge is 0.417 e. The number of rotatable bonds is 5. The van der Waals surface area contributed by atoms with Crippen molar-refractivity contribution in [2.24, 2.45) is 11.3 Å². The Kier molecular flexibility index (Phi) is 6.70. The summed E-state index contributed by atoms with van der Waals surface area (Å²) in [7, 11) is 1.64. The average molecular weight is 438 g/mol. The predicted octanol–water partition coefficient (Wildman–Crippen LogP) is 3.81. The number of halogens is 3. The zero-order valence-corrected chi connectivity index (χ0v) is 18.2. The number of nitrogens with zero attached hydrogens (tertiary/aromatic N) is 4. The summed E-state index contributed by atoms with van der Waals surface area (Å²) in [4.78, 5) is 18.5. The molecular formula is C22H29F3N4O2. The van der Waals surface area contributed by atoms with Crippen molar-refractivity contribution in [2.75, 3.05) is 57.9 Å². The van der Waals surface area contributed by atoms with Crippen molar-refractivity contribution in [2.45, 2.75) is 26.4 Å². The van der Waals surface area contributed by atoms with Crippen LogP contribution in [0.15, 0.2) is 18.2 Å². The Balaban J connectivity index is 1.85. The fraction of sp³-hybridized carbons (Fsp3) is 0.636. The minimum absolute atomic E-state index is 0.000779. The number of benzene rings is 1. The number of hydrogen-bond acceptors (Lipinski definition) is 4. The first-order valence-electron chi connectivity index (χ1n) is 10.6. The molecular weight excluding hydrogens is 409 g/mol. The van der Waals surface area contributed by atoms with Gasteiger partial charge in [0, 0.05) is 63.4 Å². The van der Waals surface area contributed by atoms with Gasteiger partial charge in [-0.2, -0.15) is 18.4 Å². The van der Waals surface area contributed by atoms with E-state index in [1.54, 1.807) is 24.1 Å². The van der Waals surface area contributed by atoms with Crippen LogP contribution in [0.2, 0.25) is 0 Å². The molecule has 0 bridgehead atoms. The Bertz CT molecular complexity index is 850. The molecule has 31 heavy (non-hydrogen) atoms. The molecule has 2 heterocycles. The quantitative estimate of drug-likeness (QED) is 0.702. The van der Waals surface area contributed by atoms with Crippen LogP contribution in [0.25, 0.3) is 0 Å². The molecule has 0 unspecified atom stereocenters. The molecule has 2 fully saturated rings. The molecule has 1 aromatic rings. The van der Waals surface area contributed by atoms with Crippen LogP contribution >= 0.6 is 0 Å². The van der Waals surface area contributed by atoms with Gasteiger partial charge in [-0.1, -0.05) is 0 Å². The van der Waals surface area contributed by atoms with Crippen molar-refractivity contribution in [3.8, 4) is 6.07 Å². The predicted molar refractivity (Wildman–Crippen MR) is 111 cm³/mol. The Labute approximate surface area is 181 Å². The Morgan fingerprint density at radius 3 is 2.61 bits per heavy atom. The molecule has 0 aliphatic carbocycles. The number of anilines is 1. The SMILES string of the molecule is CCN(CC)C(=O)N1C[C@H]2CN(c3ccc(C#N)c(C(F)(F)F)c3)CC[C@@]2(COC)C1. The number of carbonyl (C=O) groups is 1. The summed E-state index contributed by atoms with van der Waals surface area (Å²) in [5.41, 5.74) is -1.04. The van der Waals surface area contributed by atoms with Gasteiger partial charge in [0.15, 0.2) is 0 Å². The third-order valence-electron chi connectivity index (χ3n) is 6.66. The van der Waals surface area contributed by atoms with Crippen LogP contribution in [0.3, 0.4) is 0 Å². The van der Waals surface area contributed by atoms with Crippen LogP contribution < -0.4 is 4.90 Å². The normalized spacial score (nSPS) is 23.5. The Morgan fingerprint density at radius 2 is 2.03 bits per heavy atom. The molecule has 0 spiro atoms. The fourth-order valence-corrected chi connectivity index (χ4v) is 4.94. The molecule has 2 aliphatic heterocycles. The van der Waals surface area contributed by atoms with E-state index in [4.69, 9.17) is 10.00 Å². The van der Waals surface area contributed by atoms with E-state index in [1.807, 2.05) is 23.6 Å². The van der Waals surface area contributed by atoms with Gasteiger partial charge in [-0.25, -0.2) is 4.79 Å². The summed E-state index contributed by atoms with van der Waals surface area (Å²) in [5.74, 6) is 0.0886. The highest BCUT2D eigenvalue weighted by Gasteiger charge is 2.51. The molecule has 0 aromatic heterocycles. The molecule has 2 amide bonds. The van der Waals surface area contributed by atoms with E-state index < -0.39 is 11.7 Å². The molecule has 2 aliphatic rings. The van der Waals surface area contributed by atoms with Crippen molar-refractivity contribution in [3.05, 3.63) is 29.3 Å². The Morgan fingerprint density at radius 1 is 1.32 bits per heavy atom. The molecule has 3 rings (SSSR count). The van der Waals surface area contributed by atoms with Crippen LogP contribution in [-0.4, -0.2) is 68.8 Å². The van der Waals surface area contributed by atoms with Crippen LogP contribution in [0.4, 0.5) is 23.7 Å². The van der Waals surface area contributed by atoms with Crippen molar-refractivity contribution in [1.82, 2.24) is 9.80 Å². The molecule has 1 aromatic carbocycles. The lowest BCUT2D eigenvalue weighted by molar-refractivity contribution is -0.137. The van der Waals surface area contributed by atoms with Gasteiger partial charge in [0.1, 0.15) is 0 Å². The van der Waals surface area contributed by atoms with Crippen molar-refractivity contribution >= 4 is 11.7 Å². The number of urea groups is 1. The molecule has 170 valence electrons. The van der Waals surface area contributed by atoms with E-state index >= 15 is 0 Å². The molecule has 0 radical (unpaired) electrons. The summed E-state index contributed by atoms with van der Waals surface area (Å²) in [6.45, 7) is 7.91. The number of piperidine rings is 1. The summed E-state index contributed by atoms with van der Waals surface area (Å²) >= 11 is 0. The number of likely N-dealkylation sites (tertiary alicyclic amines) is 1. The van der Waals surface area contributed by atoms with Crippen LogP contribution in [-0.2, 0) is 10.9 Å². The number of carbonyl (C=O) groups excluding carboxylic acids is 1. The minimum Gasteiger partial charge on any atom is -0.384 e. The van der Waals surface area contributed by atoms with Crippen LogP contribution in [0.1, 0.15) is 31.4 Å². The molecule has 0 N–H and O–H groups in total. The summed E-state index contributed by atoms with van der Waals surface area (Å²) in [6, 6.07) is 5.50. The van der Waals surface area contributed by atoms with Gasteiger partial charge in [0.25, 0.3) is 0 Å². The second-order valence-corrected chi connectivity index (χ2v) is 8.36. The van der Waals surface area contributed by atoms with E-state index in [-0.39, 0.29) is 22.9 Å². The zero-order valence-electron chi connectivity index (χ0n) is 18.2. The maximum atomic E-state index is 13.4. The van der Waals surface area contributed by atoms with Crippen molar-refractivity contribution in [1.29, 1.82) is 5.26 Å². The lowest BCUT2D eigenvalue weighted by Crippen LogP contribution is -2.49. The smallest absolute Gasteiger partial charge is 0.384 e. The molecule has 2 atom stereocenters. The highest BCUT2D eigenvalue weighted by Crippen LogP contribution is 2.45. The van der Waals surface area contributed by atoms with Gasteiger partial charge in [-0.05, 0) is 38.5 Å². The minimum atomic E-state index is -4.59. The van der Waals surface area contributed by atoms with E-state index in [2.05, 4.69) is 0 Å². The number of ether oxygens (including phenoxy) is 1. The van der Waals surface area contributed by atoms with Crippen molar-refractivity contribution in [3.63, 3.8) is 0 Å².